The molecule has 1 N–H and O–H groups in total. The molecular weight excluding hydrogens is 208 g/mol. The van der Waals surface area contributed by atoms with Crippen molar-refractivity contribution in [3.05, 3.63) is 35.4 Å². The summed E-state index contributed by atoms with van der Waals surface area (Å²) < 4.78 is 0. The van der Waals surface area contributed by atoms with E-state index in [1.165, 1.54) is 31.5 Å². The number of hydrogen-bond acceptors (Lipinski definition) is 2. The molecule has 0 radical (unpaired) electrons. The second-order valence-corrected chi connectivity index (χ2v) is 5.56. The maximum atomic E-state index is 3.56. The zero-order valence-corrected chi connectivity index (χ0v) is 10.7. The van der Waals surface area contributed by atoms with E-state index in [-0.39, 0.29) is 0 Å². The van der Waals surface area contributed by atoms with E-state index in [0.717, 1.165) is 19.0 Å². The summed E-state index contributed by atoms with van der Waals surface area (Å²) in [6.45, 7) is 7.07. The summed E-state index contributed by atoms with van der Waals surface area (Å²) >= 11 is 0. The van der Waals surface area contributed by atoms with Gasteiger partial charge in [0.1, 0.15) is 0 Å². The Balaban J connectivity index is 1.80. The van der Waals surface area contributed by atoms with E-state index in [1.807, 2.05) is 0 Å². The summed E-state index contributed by atoms with van der Waals surface area (Å²) in [6, 6.07) is 9.53. The van der Waals surface area contributed by atoms with Crippen LogP contribution < -0.4 is 5.32 Å². The minimum atomic E-state index is 0.604. The molecule has 1 atom stereocenters. The van der Waals surface area contributed by atoms with Crippen molar-refractivity contribution in [2.75, 3.05) is 19.6 Å². The van der Waals surface area contributed by atoms with Crippen LogP contribution in [0.1, 0.15) is 36.9 Å². The number of rotatable bonds is 1. The van der Waals surface area contributed by atoms with E-state index in [0.29, 0.717) is 6.04 Å². The fourth-order valence-corrected chi connectivity index (χ4v) is 3.14. The van der Waals surface area contributed by atoms with Crippen molar-refractivity contribution >= 4 is 0 Å². The molecule has 2 heterocycles. The van der Waals surface area contributed by atoms with Crippen molar-refractivity contribution in [1.29, 1.82) is 0 Å². The van der Waals surface area contributed by atoms with Crippen molar-refractivity contribution in [1.82, 2.24) is 10.2 Å². The van der Waals surface area contributed by atoms with E-state index < -0.39 is 0 Å². The first kappa shape index (κ1) is 11.2. The quantitative estimate of drug-likeness (QED) is 0.797. The van der Waals surface area contributed by atoms with Crippen LogP contribution in [-0.2, 0) is 6.54 Å². The first-order chi connectivity index (χ1) is 8.34. The van der Waals surface area contributed by atoms with Gasteiger partial charge in [-0.1, -0.05) is 31.2 Å². The Morgan fingerprint density at radius 1 is 1.18 bits per heavy atom. The molecule has 0 aliphatic carbocycles. The fraction of sp³-hybridized carbons (Fsp3) is 0.600. The molecule has 0 aromatic heterocycles. The molecule has 1 aromatic rings. The van der Waals surface area contributed by atoms with E-state index in [4.69, 9.17) is 0 Å². The fourth-order valence-electron chi connectivity index (χ4n) is 3.14. The van der Waals surface area contributed by atoms with E-state index >= 15 is 0 Å². The lowest BCUT2D eigenvalue weighted by Crippen LogP contribution is -2.43. The van der Waals surface area contributed by atoms with Crippen LogP contribution in [0.3, 0.4) is 0 Å². The van der Waals surface area contributed by atoms with Crippen LogP contribution >= 0.6 is 0 Å². The van der Waals surface area contributed by atoms with Crippen LogP contribution in [0.15, 0.2) is 24.3 Å². The predicted octanol–water partition coefficient (Wildman–Crippen LogP) is 2.56. The van der Waals surface area contributed by atoms with Gasteiger partial charge < -0.3 is 5.32 Å². The highest BCUT2D eigenvalue weighted by Gasteiger charge is 2.27. The Morgan fingerprint density at radius 3 is 2.76 bits per heavy atom. The molecule has 1 saturated heterocycles. The number of benzene rings is 1. The third-order valence-electron chi connectivity index (χ3n) is 4.33. The third-order valence-corrected chi connectivity index (χ3v) is 4.33. The molecule has 1 unspecified atom stereocenters. The highest BCUT2D eigenvalue weighted by atomic mass is 15.2. The van der Waals surface area contributed by atoms with Crippen LogP contribution in [0.2, 0.25) is 0 Å². The van der Waals surface area contributed by atoms with Gasteiger partial charge in [0.2, 0.25) is 0 Å². The lowest BCUT2D eigenvalue weighted by atomic mass is 9.92. The Hall–Kier alpha value is -0.860. The Bertz CT molecular complexity index is 380. The minimum absolute atomic E-state index is 0.604. The van der Waals surface area contributed by atoms with Gasteiger partial charge in [-0.2, -0.15) is 0 Å². The maximum Gasteiger partial charge on any atom is 0.0476 e. The van der Waals surface area contributed by atoms with Gasteiger partial charge in [-0.05, 0) is 43.0 Å². The molecule has 92 valence electrons. The molecule has 0 bridgehead atoms. The van der Waals surface area contributed by atoms with E-state index in [2.05, 4.69) is 41.4 Å². The highest BCUT2D eigenvalue weighted by Crippen LogP contribution is 2.30. The van der Waals surface area contributed by atoms with Crippen molar-refractivity contribution < 1.29 is 0 Å². The second kappa shape index (κ2) is 4.79. The molecule has 0 saturated carbocycles. The Labute approximate surface area is 104 Å². The summed E-state index contributed by atoms with van der Waals surface area (Å²) in [5, 5.41) is 3.56. The van der Waals surface area contributed by atoms with Crippen molar-refractivity contribution in [2.24, 2.45) is 5.92 Å². The van der Waals surface area contributed by atoms with Gasteiger partial charge in [0.25, 0.3) is 0 Å². The van der Waals surface area contributed by atoms with Crippen molar-refractivity contribution in [3.63, 3.8) is 0 Å². The monoisotopic (exact) mass is 230 g/mol. The number of nitrogens with one attached hydrogen (secondary N) is 1. The molecule has 2 aliphatic rings. The van der Waals surface area contributed by atoms with Gasteiger partial charge in [0.15, 0.2) is 0 Å². The maximum absolute atomic E-state index is 3.56. The molecule has 2 heteroatoms. The first-order valence-electron chi connectivity index (χ1n) is 6.87. The van der Waals surface area contributed by atoms with Crippen LogP contribution in [0.25, 0.3) is 0 Å². The molecule has 1 fully saturated rings. The zero-order chi connectivity index (χ0) is 11.7. The molecule has 2 nitrogen and oxygen atoms in total. The summed E-state index contributed by atoms with van der Waals surface area (Å²) in [5.74, 6) is 0.915. The molecule has 0 spiro atoms. The molecule has 0 amide bonds. The minimum Gasteiger partial charge on any atom is -0.311 e. The second-order valence-electron chi connectivity index (χ2n) is 5.56. The Kier molecular flexibility index (Phi) is 3.17. The molecule has 1 aromatic carbocycles. The molecule has 3 rings (SSSR count). The van der Waals surface area contributed by atoms with Crippen LogP contribution in [-0.4, -0.2) is 24.5 Å². The van der Waals surface area contributed by atoms with E-state index in [1.54, 1.807) is 5.56 Å². The van der Waals surface area contributed by atoms with Crippen LogP contribution in [0.4, 0.5) is 0 Å². The topological polar surface area (TPSA) is 15.3 Å². The highest BCUT2D eigenvalue weighted by molar-refractivity contribution is 5.32. The number of fused-ring (bicyclic) bond motifs is 1. The zero-order valence-electron chi connectivity index (χ0n) is 10.7. The van der Waals surface area contributed by atoms with Gasteiger partial charge >= 0.3 is 0 Å². The number of hydrogen-bond donors (Lipinski definition) is 1. The SMILES string of the molecule is CC1CCN(C2CNCc3ccccc32)CC1. The van der Waals surface area contributed by atoms with Crippen LogP contribution in [0.5, 0.6) is 0 Å². The average molecular weight is 230 g/mol. The Morgan fingerprint density at radius 2 is 1.94 bits per heavy atom. The number of likely N-dealkylation sites (tertiary alicyclic amines) is 1. The van der Waals surface area contributed by atoms with Gasteiger partial charge in [0, 0.05) is 19.1 Å². The van der Waals surface area contributed by atoms with Crippen molar-refractivity contribution in [3.8, 4) is 0 Å². The van der Waals surface area contributed by atoms with Gasteiger partial charge in [-0.15, -0.1) is 0 Å². The summed E-state index contributed by atoms with van der Waals surface area (Å²) in [6.07, 6.45) is 2.72. The van der Waals surface area contributed by atoms with Gasteiger partial charge in [-0.3, -0.25) is 4.90 Å². The lowest BCUT2D eigenvalue weighted by molar-refractivity contribution is 0.130. The smallest absolute Gasteiger partial charge is 0.0476 e. The third kappa shape index (κ3) is 2.24. The van der Waals surface area contributed by atoms with Gasteiger partial charge in [0.05, 0.1) is 0 Å². The standard InChI is InChI=1S/C15H22N2/c1-12-6-8-17(9-7-12)15-11-16-10-13-4-2-3-5-14(13)15/h2-5,12,15-16H,6-11H2,1H3. The van der Waals surface area contributed by atoms with Gasteiger partial charge in [-0.25, -0.2) is 0 Å². The summed E-state index contributed by atoms with van der Waals surface area (Å²) in [4.78, 5) is 2.67. The first-order valence-corrected chi connectivity index (χ1v) is 6.87. The largest absolute Gasteiger partial charge is 0.311 e. The lowest BCUT2D eigenvalue weighted by Gasteiger charge is -2.39. The summed E-state index contributed by atoms with van der Waals surface area (Å²) in [7, 11) is 0. The average Bonchev–Trinajstić information content (AvgIpc) is 2.39. The number of nitrogens with zero attached hydrogens (tertiary/aromatic N) is 1. The van der Waals surface area contributed by atoms with Crippen LogP contribution in [0, 0.1) is 5.92 Å². The summed E-state index contributed by atoms with van der Waals surface area (Å²) in [5.41, 5.74) is 3.04. The van der Waals surface area contributed by atoms with Crippen molar-refractivity contribution in [2.45, 2.75) is 32.4 Å². The number of piperidine rings is 1. The predicted molar refractivity (Wildman–Crippen MR) is 70.9 cm³/mol. The molecular formula is C15H22N2. The molecule has 2 aliphatic heterocycles. The normalized spacial score (nSPS) is 26.8. The van der Waals surface area contributed by atoms with E-state index in [9.17, 15) is 0 Å². The molecule has 17 heavy (non-hydrogen) atoms.